The third kappa shape index (κ3) is 5.84. The standard InChI is InChI=1S/C26H30N4O2/c1-2-20-7-13-23(14-8-20)32-19-26(31)27-22-11-9-21(10-12-22)24-15-16-25(29-28-24)30-17-5-3-4-6-18-30/h7-16H,2-6,17-19H2,1H3,(H,27,31). The Morgan fingerprint density at radius 2 is 1.62 bits per heavy atom. The molecule has 1 aliphatic rings. The van der Waals surface area contributed by atoms with Crippen LogP contribution >= 0.6 is 0 Å². The molecule has 1 saturated heterocycles. The molecule has 0 spiro atoms. The van der Waals surface area contributed by atoms with Crippen LogP contribution in [-0.4, -0.2) is 35.8 Å². The second kappa shape index (κ2) is 10.8. The molecule has 3 aromatic rings. The van der Waals surface area contributed by atoms with E-state index >= 15 is 0 Å². The highest BCUT2D eigenvalue weighted by molar-refractivity contribution is 5.92. The Morgan fingerprint density at radius 3 is 2.25 bits per heavy atom. The molecule has 32 heavy (non-hydrogen) atoms. The van der Waals surface area contributed by atoms with E-state index in [-0.39, 0.29) is 12.5 Å². The van der Waals surface area contributed by atoms with Crippen LogP contribution in [0.4, 0.5) is 11.5 Å². The molecule has 1 fully saturated rings. The van der Waals surface area contributed by atoms with Crippen LogP contribution in [0.3, 0.4) is 0 Å². The van der Waals surface area contributed by atoms with Crippen LogP contribution in [0, 0.1) is 0 Å². The van der Waals surface area contributed by atoms with Gasteiger partial charge < -0.3 is 15.0 Å². The van der Waals surface area contributed by atoms with Crippen molar-refractivity contribution >= 4 is 17.4 Å². The van der Waals surface area contributed by atoms with Gasteiger partial charge in [-0.2, -0.15) is 0 Å². The van der Waals surface area contributed by atoms with Crippen LogP contribution in [0.1, 0.15) is 38.2 Å². The Kier molecular flexibility index (Phi) is 7.33. The van der Waals surface area contributed by atoms with Crippen molar-refractivity contribution in [1.82, 2.24) is 10.2 Å². The van der Waals surface area contributed by atoms with Crippen LogP contribution in [0.5, 0.6) is 5.75 Å². The highest BCUT2D eigenvalue weighted by atomic mass is 16.5. The first-order valence-corrected chi connectivity index (χ1v) is 11.4. The number of amides is 1. The number of hydrogen-bond acceptors (Lipinski definition) is 5. The Bertz CT molecular complexity index is 994. The molecule has 2 heterocycles. The average Bonchev–Trinajstić information content (AvgIpc) is 3.13. The van der Waals surface area contributed by atoms with Crippen LogP contribution in [0.25, 0.3) is 11.3 Å². The molecule has 0 atom stereocenters. The fraction of sp³-hybridized carbons (Fsp3) is 0.346. The summed E-state index contributed by atoms with van der Waals surface area (Å²) >= 11 is 0. The van der Waals surface area contributed by atoms with Crippen LogP contribution in [0.2, 0.25) is 0 Å². The molecule has 0 saturated carbocycles. The number of aryl methyl sites for hydroxylation is 1. The van der Waals surface area contributed by atoms with Crippen LogP contribution in [-0.2, 0) is 11.2 Å². The van der Waals surface area contributed by atoms with Gasteiger partial charge in [0.15, 0.2) is 12.4 Å². The van der Waals surface area contributed by atoms with Gasteiger partial charge in [-0.25, -0.2) is 0 Å². The van der Waals surface area contributed by atoms with Crippen LogP contribution in [0.15, 0.2) is 60.7 Å². The van der Waals surface area contributed by atoms with Crippen molar-refractivity contribution < 1.29 is 9.53 Å². The van der Waals surface area contributed by atoms with Crippen molar-refractivity contribution in [3.63, 3.8) is 0 Å². The lowest BCUT2D eigenvalue weighted by Gasteiger charge is -2.20. The van der Waals surface area contributed by atoms with E-state index in [9.17, 15) is 4.79 Å². The Hall–Kier alpha value is -3.41. The molecule has 6 heteroatoms. The van der Waals surface area contributed by atoms with Gasteiger partial charge >= 0.3 is 0 Å². The average molecular weight is 431 g/mol. The topological polar surface area (TPSA) is 67.3 Å². The number of anilines is 2. The number of benzene rings is 2. The fourth-order valence-corrected chi connectivity index (χ4v) is 3.84. The summed E-state index contributed by atoms with van der Waals surface area (Å²) in [5.41, 5.74) is 3.74. The maximum absolute atomic E-state index is 12.2. The number of rotatable bonds is 7. The molecule has 1 amide bonds. The van der Waals surface area contributed by atoms with Gasteiger partial charge in [0.25, 0.3) is 5.91 Å². The number of carbonyl (C=O) groups is 1. The molecular weight excluding hydrogens is 400 g/mol. The Labute approximate surface area is 189 Å². The minimum Gasteiger partial charge on any atom is -0.484 e. The third-order valence-corrected chi connectivity index (χ3v) is 5.75. The van der Waals surface area contributed by atoms with Gasteiger partial charge in [-0.05, 0) is 61.2 Å². The first-order valence-electron chi connectivity index (χ1n) is 11.4. The molecule has 166 valence electrons. The zero-order chi connectivity index (χ0) is 22.2. The van der Waals surface area contributed by atoms with E-state index < -0.39 is 0 Å². The van der Waals surface area contributed by atoms with Crippen molar-refractivity contribution in [2.24, 2.45) is 0 Å². The molecule has 0 unspecified atom stereocenters. The second-order valence-electron chi connectivity index (χ2n) is 8.09. The van der Waals surface area contributed by atoms with E-state index in [4.69, 9.17) is 4.74 Å². The second-order valence-corrected chi connectivity index (χ2v) is 8.09. The number of nitrogens with zero attached hydrogens (tertiary/aromatic N) is 3. The van der Waals surface area contributed by atoms with E-state index in [1.54, 1.807) is 0 Å². The van der Waals surface area contributed by atoms with Gasteiger partial charge in [0, 0.05) is 24.3 Å². The minimum absolute atomic E-state index is 0.0311. The molecule has 1 aromatic heterocycles. The summed E-state index contributed by atoms with van der Waals surface area (Å²) in [6.45, 7) is 4.18. The number of aromatic nitrogens is 2. The van der Waals surface area contributed by atoms with Gasteiger partial charge in [-0.15, -0.1) is 10.2 Å². The van der Waals surface area contributed by atoms with Crippen LogP contribution < -0.4 is 15.0 Å². The van der Waals surface area contributed by atoms with Gasteiger partial charge in [0.05, 0.1) is 5.69 Å². The van der Waals surface area contributed by atoms with Crippen molar-refractivity contribution in [1.29, 1.82) is 0 Å². The lowest BCUT2D eigenvalue weighted by molar-refractivity contribution is -0.118. The van der Waals surface area contributed by atoms with Gasteiger partial charge in [0.1, 0.15) is 5.75 Å². The number of carbonyl (C=O) groups excluding carboxylic acids is 1. The Balaban J connectivity index is 1.30. The van der Waals surface area contributed by atoms with Gasteiger partial charge in [0.2, 0.25) is 0 Å². The molecule has 0 bridgehead atoms. The largest absolute Gasteiger partial charge is 0.484 e. The van der Waals surface area contributed by atoms with Crippen molar-refractivity contribution in [3.05, 3.63) is 66.2 Å². The summed E-state index contributed by atoms with van der Waals surface area (Å²) in [6, 6.07) is 19.5. The van der Waals surface area contributed by atoms with E-state index in [1.165, 1.54) is 31.2 Å². The molecule has 1 aliphatic heterocycles. The normalized spacial score (nSPS) is 14.0. The SMILES string of the molecule is CCc1ccc(OCC(=O)Nc2ccc(-c3ccc(N4CCCCCC4)nn3)cc2)cc1. The molecule has 0 radical (unpaired) electrons. The highest BCUT2D eigenvalue weighted by Gasteiger charge is 2.12. The molecule has 6 nitrogen and oxygen atoms in total. The predicted molar refractivity (Wildman–Crippen MR) is 128 cm³/mol. The molecular formula is C26H30N4O2. The quantitative estimate of drug-likeness (QED) is 0.565. The zero-order valence-corrected chi connectivity index (χ0v) is 18.6. The van der Waals surface area contributed by atoms with Gasteiger partial charge in [-0.1, -0.05) is 44.0 Å². The zero-order valence-electron chi connectivity index (χ0n) is 18.6. The predicted octanol–water partition coefficient (Wildman–Crippen LogP) is 5.10. The third-order valence-electron chi connectivity index (χ3n) is 5.75. The smallest absolute Gasteiger partial charge is 0.262 e. The minimum atomic E-state index is -0.195. The van der Waals surface area contributed by atoms with E-state index in [0.717, 1.165) is 42.3 Å². The molecule has 2 aromatic carbocycles. The number of nitrogens with one attached hydrogen (secondary N) is 1. The monoisotopic (exact) mass is 430 g/mol. The van der Waals surface area contributed by atoms with Crippen molar-refractivity contribution in [3.8, 4) is 17.0 Å². The summed E-state index contributed by atoms with van der Waals surface area (Å²) in [5.74, 6) is 1.44. The molecule has 1 N–H and O–H groups in total. The van der Waals surface area contributed by atoms with E-state index in [0.29, 0.717) is 5.75 Å². The van der Waals surface area contributed by atoms with E-state index in [1.807, 2.05) is 60.7 Å². The summed E-state index contributed by atoms with van der Waals surface area (Å²) < 4.78 is 5.57. The lowest BCUT2D eigenvalue weighted by atomic mass is 10.1. The first-order chi connectivity index (χ1) is 15.7. The summed E-state index contributed by atoms with van der Waals surface area (Å²) in [5, 5.41) is 11.7. The molecule has 0 aliphatic carbocycles. The lowest BCUT2D eigenvalue weighted by Crippen LogP contribution is -2.25. The summed E-state index contributed by atoms with van der Waals surface area (Å²) in [6.07, 6.45) is 6.00. The maximum Gasteiger partial charge on any atom is 0.262 e. The Morgan fingerprint density at radius 1 is 0.906 bits per heavy atom. The summed E-state index contributed by atoms with van der Waals surface area (Å²) in [4.78, 5) is 14.5. The van der Waals surface area contributed by atoms with Gasteiger partial charge in [-0.3, -0.25) is 4.79 Å². The van der Waals surface area contributed by atoms with Crippen molar-refractivity contribution in [2.45, 2.75) is 39.0 Å². The first kappa shape index (κ1) is 21.8. The fourth-order valence-electron chi connectivity index (χ4n) is 3.84. The highest BCUT2D eigenvalue weighted by Crippen LogP contribution is 2.22. The van der Waals surface area contributed by atoms with E-state index in [2.05, 4.69) is 27.3 Å². The maximum atomic E-state index is 12.2. The number of hydrogen-bond donors (Lipinski definition) is 1. The van der Waals surface area contributed by atoms with Crippen molar-refractivity contribution in [2.75, 3.05) is 29.9 Å². The number of ether oxygens (including phenoxy) is 1. The summed E-state index contributed by atoms with van der Waals surface area (Å²) in [7, 11) is 0. The molecule has 4 rings (SSSR count).